The summed E-state index contributed by atoms with van der Waals surface area (Å²) in [6, 6.07) is 15.7. The van der Waals surface area contributed by atoms with Gasteiger partial charge < -0.3 is 14.6 Å². The zero-order chi connectivity index (χ0) is 21.9. The Balaban J connectivity index is 1.96. The molecule has 0 aliphatic carbocycles. The maximum absolute atomic E-state index is 13.0. The average molecular weight is 449 g/mol. The monoisotopic (exact) mass is 448 g/mol. The van der Waals surface area contributed by atoms with Gasteiger partial charge >= 0.3 is 6.09 Å². The van der Waals surface area contributed by atoms with Crippen LogP contribution in [0.15, 0.2) is 48.5 Å². The van der Waals surface area contributed by atoms with Crippen molar-refractivity contribution >= 4 is 29.1 Å². The Morgan fingerprint density at radius 3 is 2.33 bits per heavy atom. The van der Waals surface area contributed by atoms with Crippen molar-refractivity contribution in [2.75, 3.05) is 13.1 Å². The number of carbonyl (C=O) groups is 1. The van der Waals surface area contributed by atoms with Gasteiger partial charge in [0, 0.05) is 29.5 Å². The number of nitrogens with one attached hydrogen (secondary N) is 1. The molecule has 162 valence electrons. The van der Waals surface area contributed by atoms with Crippen LogP contribution in [-0.2, 0) is 11.4 Å². The van der Waals surface area contributed by atoms with E-state index in [0.29, 0.717) is 18.1 Å². The standard InChI is InChI=1S/C23H29ClN2O3S/c1-23(2,3)30(29)25-21(17-12-14-26(15-13-17)22(27)28)20-7-5-4-6-19(20)16-8-10-18(24)11-9-16/h4-11,17,21,25H,12-15H2,1-3H3,(H,27,28)/t21-,30?/m1/s1. The molecule has 2 aromatic carbocycles. The van der Waals surface area contributed by atoms with Crippen LogP contribution in [-0.4, -0.2) is 38.5 Å². The lowest BCUT2D eigenvalue weighted by Gasteiger charge is -2.37. The molecule has 30 heavy (non-hydrogen) atoms. The van der Waals surface area contributed by atoms with Crippen molar-refractivity contribution < 1.29 is 14.5 Å². The van der Waals surface area contributed by atoms with Crippen LogP contribution in [0.3, 0.4) is 0 Å². The summed E-state index contributed by atoms with van der Waals surface area (Å²) >= 11 is 4.82. The second-order valence-corrected chi connectivity index (χ2v) is 11.1. The van der Waals surface area contributed by atoms with Crippen molar-refractivity contribution in [1.82, 2.24) is 9.62 Å². The Morgan fingerprint density at radius 2 is 1.77 bits per heavy atom. The summed E-state index contributed by atoms with van der Waals surface area (Å²) in [5.41, 5.74) is 3.19. The van der Waals surface area contributed by atoms with E-state index in [9.17, 15) is 14.5 Å². The molecule has 1 amide bonds. The van der Waals surface area contributed by atoms with Crippen LogP contribution in [0.1, 0.15) is 45.2 Å². The lowest BCUT2D eigenvalue weighted by atomic mass is 9.83. The number of rotatable bonds is 5. The van der Waals surface area contributed by atoms with Gasteiger partial charge in [0.15, 0.2) is 0 Å². The second kappa shape index (κ2) is 9.60. The van der Waals surface area contributed by atoms with Crippen molar-refractivity contribution in [3.8, 4) is 11.1 Å². The number of carboxylic acid groups (broad SMARTS) is 1. The minimum Gasteiger partial charge on any atom is -0.598 e. The van der Waals surface area contributed by atoms with Gasteiger partial charge in [0.05, 0.1) is 6.04 Å². The van der Waals surface area contributed by atoms with E-state index in [1.165, 1.54) is 4.90 Å². The van der Waals surface area contributed by atoms with E-state index in [4.69, 9.17) is 11.6 Å². The third-order valence-electron chi connectivity index (χ3n) is 5.52. The molecule has 2 aromatic rings. The summed E-state index contributed by atoms with van der Waals surface area (Å²) in [6.07, 6.45) is 0.568. The fourth-order valence-electron chi connectivity index (χ4n) is 3.79. The third kappa shape index (κ3) is 5.49. The van der Waals surface area contributed by atoms with Crippen molar-refractivity contribution in [1.29, 1.82) is 0 Å². The molecule has 0 radical (unpaired) electrons. The van der Waals surface area contributed by atoms with Crippen LogP contribution in [0, 0.1) is 5.92 Å². The molecule has 1 fully saturated rings. The summed E-state index contributed by atoms with van der Waals surface area (Å²) in [5, 5.41) is 9.98. The smallest absolute Gasteiger partial charge is 0.407 e. The maximum atomic E-state index is 13.0. The van der Waals surface area contributed by atoms with Crippen LogP contribution >= 0.6 is 11.6 Å². The molecule has 0 aromatic heterocycles. The van der Waals surface area contributed by atoms with Gasteiger partial charge in [-0.05, 0) is 68.4 Å². The number of hydrogen-bond acceptors (Lipinski definition) is 3. The molecule has 5 nitrogen and oxygen atoms in total. The molecule has 3 rings (SSSR count). The molecule has 1 aliphatic heterocycles. The summed E-state index contributed by atoms with van der Waals surface area (Å²) in [4.78, 5) is 12.8. The number of halogens is 1. The Hall–Kier alpha value is -1.73. The summed E-state index contributed by atoms with van der Waals surface area (Å²) < 4.78 is 16.0. The zero-order valence-corrected chi connectivity index (χ0v) is 19.2. The quantitative estimate of drug-likeness (QED) is 0.593. The maximum Gasteiger partial charge on any atom is 0.407 e. The summed E-state index contributed by atoms with van der Waals surface area (Å²) in [7, 11) is 0. The molecule has 1 saturated heterocycles. The number of amides is 1. The van der Waals surface area contributed by atoms with E-state index in [-0.39, 0.29) is 12.0 Å². The van der Waals surface area contributed by atoms with Crippen LogP contribution < -0.4 is 4.72 Å². The van der Waals surface area contributed by atoms with Crippen LogP contribution in [0.2, 0.25) is 5.02 Å². The predicted molar refractivity (Wildman–Crippen MR) is 123 cm³/mol. The zero-order valence-electron chi connectivity index (χ0n) is 17.6. The fraction of sp³-hybridized carbons (Fsp3) is 0.435. The van der Waals surface area contributed by atoms with E-state index >= 15 is 0 Å². The molecule has 0 bridgehead atoms. The summed E-state index contributed by atoms with van der Waals surface area (Å²) in [5.74, 6) is 0.181. The van der Waals surface area contributed by atoms with Gasteiger partial charge in [-0.15, -0.1) is 4.72 Å². The van der Waals surface area contributed by atoms with Crippen molar-refractivity contribution in [2.45, 2.75) is 44.4 Å². The Morgan fingerprint density at radius 1 is 1.17 bits per heavy atom. The number of nitrogens with zero attached hydrogens (tertiary/aromatic N) is 1. The molecule has 2 N–H and O–H groups in total. The average Bonchev–Trinajstić information content (AvgIpc) is 2.72. The lowest BCUT2D eigenvalue weighted by Crippen LogP contribution is -2.46. The van der Waals surface area contributed by atoms with Crippen molar-refractivity contribution in [3.05, 3.63) is 59.1 Å². The van der Waals surface area contributed by atoms with Gasteiger partial charge in [-0.25, -0.2) is 4.79 Å². The first-order valence-corrected chi connectivity index (χ1v) is 11.7. The van der Waals surface area contributed by atoms with E-state index in [1.54, 1.807) is 0 Å². The number of piperidine rings is 1. The van der Waals surface area contributed by atoms with E-state index in [0.717, 1.165) is 29.5 Å². The van der Waals surface area contributed by atoms with Gasteiger partial charge in [0.2, 0.25) is 0 Å². The second-order valence-electron chi connectivity index (χ2n) is 8.68. The van der Waals surface area contributed by atoms with E-state index < -0.39 is 22.2 Å². The van der Waals surface area contributed by atoms with Crippen molar-refractivity contribution in [2.24, 2.45) is 5.92 Å². The fourth-order valence-corrected chi connectivity index (χ4v) is 4.82. The van der Waals surface area contributed by atoms with Crippen LogP contribution in [0.25, 0.3) is 11.1 Å². The molecular weight excluding hydrogens is 420 g/mol. The minimum atomic E-state index is -1.26. The highest BCUT2D eigenvalue weighted by Gasteiger charge is 2.36. The topological polar surface area (TPSA) is 75.6 Å². The highest BCUT2D eigenvalue weighted by molar-refractivity contribution is 7.90. The first-order valence-electron chi connectivity index (χ1n) is 10.2. The lowest BCUT2D eigenvalue weighted by molar-refractivity contribution is 0.119. The Bertz CT molecular complexity index is 861. The molecule has 0 spiro atoms. The van der Waals surface area contributed by atoms with E-state index in [1.807, 2.05) is 57.2 Å². The van der Waals surface area contributed by atoms with Gasteiger partial charge in [-0.3, -0.25) is 0 Å². The molecule has 0 saturated carbocycles. The Kier molecular flexibility index (Phi) is 7.34. The largest absolute Gasteiger partial charge is 0.598 e. The first-order chi connectivity index (χ1) is 14.2. The molecule has 7 heteroatoms. The number of likely N-dealkylation sites (tertiary alicyclic amines) is 1. The molecular formula is C23H29ClN2O3S. The summed E-state index contributed by atoms with van der Waals surface area (Å²) in [6.45, 7) is 6.83. The number of benzene rings is 2. The normalized spacial score (nSPS) is 17.6. The van der Waals surface area contributed by atoms with Gasteiger partial charge in [0.1, 0.15) is 4.75 Å². The minimum absolute atomic E-state index is 0.145. The number of hydrogen-bond donors (Lipinski definition) is 2. The van der Waals surface area contributed by atoms with E-state index in [2.05, 4.69) is 16.9 Å². The molecule has 1 heterocycles. The van der Waals surface area contributed by atoms with Crippen LogP contribution in [0.5, 0.6) is 0 Å². The SMILES string of the molecule is CC(C)(C)[S+]([O-])N[C@@H](c1ccccc1-c1ccc(Cl)cc1)C1CCN(C(=O)O)CC1. The predicted octanol–water partition coefficient (Wildman–Crippen LogP) is 5.49. The van der Waals surface area contributed by atoms with Gasteiger partial charge in [0.25, 0.3) is 0 Å². The van der Waals surface area contributed by atoms with Crippen molar-refractivity contribution in [3.63, 3.8) is 0 Å². The molecule has 1 unspecified atom stereocenters. The van der Waals surface area contributed by atoms with Gasteiger partial charge in [-0.1, -0.05) is 48.0 Å². The molecule has 2 atom stereocenters. The highest BCUT2D eigenvalue weighted by atomic mass is 35.5. The Labute approximate surface area is 186 Å². The third-order valence-corrected chi connectivity index (χ3v) is 7.36. The molecule has 1 aliphatic rings. The first kappa shape index (κ1) is 22.9. The highest BCUT2D eigenvalue weighted by Crippen LogP contribution is 2.38. The van der Waals surface area contributed by atoms with Crippen LogP contribution in [0.4, 0.5) is 4.79 Å². The van der Waals surface area contributed by atoms with Gasteiger partial charge in [-0.2, -0.15) is 0 Å².